The van der Waals surface area contributed by atoms with Gasteiger partial charge < -0.3 is 4.90 Å². The number of benzene rings is 5. The number of hydrogen-bond donors (Lipinski definition) is 0. The third-order valence-corrected chi connectivity index (χ3v) is 7.62. The monoisotopic (exact) mass is 592 g/mol. The van der Waals surface area contributed by atoms with E-state index in [1.165, 1.54) is 35.4 Å². The van der Waals surface area contributed by atoms with Crippen molar-refractivity contribution >= 4 is 28.4 Å². The standard InChI is InChI=1S/C37H28N4O4/c1-25-3-7-28(8-4-25)36-23-30(24-37(38-36)29-9-5-26(2)6-10-29)27-11-13-31(14-12-27)39(32-15-19-34(20-16-32)40(42)43)33-17-21-35(22-18-33)41(44)45/h3-24H,1-2H3. The topological polar surface area (TPSA) is 102 Å². The predicted octanol–water partition coefficient (Wildman–Crippen LogP) is 9.99. The summed E-state index contributed by atoms with van der Waals surface area (Å²) < 4.78 is 0. The normalized spacial score (nSPS) is 10.8. The maximum atomic E-state index is 11.3. The van der Waals surface area contributed by atoms with E-state index in [-0.39, 0.29) is 11.4 Å². The Kier molecular flexibility index (Phi) is 7.86. The van der Waals surface area contributed by atoms with Crippen LogP contribution in [-0.4, -0.2) is 14.8 Å². The molecule has 1 heterocycles. The van der Waals surface area contributed by atoms with Crippen molar-refractivity contribution in [3.8, 4) is 33.6 Å². The summed E-state index contributed by atoms with van der Waals surface area (Å²) in [4.78, 5) is 28.6. The molecule has 0 amide bonds. The molecule has 6 rings (SSSR count). The highest BCUT2D eigenvalue weighted by molar-refractivity contribution is 5.81. The number of nitro groups is 2. The van der Waals surface area contributed by atoms with Crippen molar-refractivity contribution in [2.45, 2.75) is 13.8 Å². The molecule has 8 heteroatoms. The minimum Gasteiger partial charge on any atom is -0.310 e. The maximum Gasteiger partial charge on any atom is 0.269 e. The smallest absolute Gasteiger partial charge is 0.269 e. The summed E-state index contributed by atoms with van der Waals surface area (Å²) in [5.41, 5.74) is 10.2. The first kappa shape index (κ1) is 28.9. The molecule has 0 aliphatic heterocycles. The number of nitrogens with zero attached hydrogens (tertiary/aromatic N) is 4. The summed E-state index contributed by atoms with van der Waals surface area (Å²) in [6, 6.07) is 41.2. The van der Waals surface area contributed by atoms with E-state index in [1.54, 1.807) is 24.3 Å². The van der Waals surface area contributed by atoms with Crippen LogP contribution in [0.3, 0.4) is 0 Å². The lowest BCUT2D eigenvalue weighted by atomic mass is 9.99. The van der Waals surface area contributed by atoms with Gasteiger partial charge >= 0.3 is 0 Å². The molecule has 1 aromatic heterocycles. The summed E-state index contributed by atoms with van der Waals surface area (Å²) in [6.45, 7) is 4.12. The van der Waals surface area contributed by atoms with Gasteiger partial charge in [0.15, 0.2) is 0 Å². The molecule has 0 aliphatic rings. The molecule has 220 valence electrons. The van der Waals surface area contributed by atoms with E-state index in [0.717, 1.165) is 39.3 Å². The van der Waals surface area contributed by atoms with Crippen molar-refractivity contribution in [2.24, 2.45) is 0 Å². The molecule has 45 heavy (non-hydrogen) atoms. The molecule has 5 aromatic carbocycles. The van der Waals surface area contributed by atoms with E-state index in [2.05, 4.69) is 74.5 Å². The Labute approximate surface area is 260 Å². The van der Waals surface area contributed by atoms with Crippen LogP contribution in [0.25, 0.3) is 33.6 Å². The first-order valence-electron chi connectivity index (χ1n) is 14.3. The number of rotatable bonds is 8. The fourth-order valence-electron chi connectivity index (χ4n) is 5.14. The van der Waals surface area contributed by atoms with E-state index >= 15 is 0 Å². The van der Waals surface area contributed by atoms with Crippen LogP contribution in [0.2, 0.25) is 0 Å². The van der Waals surface area contributed by atoms with Gasteiger partial charge in [0.2, 0.25) is 0 Å². The highest BCUT2D eigenvalue weighted by Gasteiger charge is 2.17. The number of pyridine rings is 1. The van der Waals surface area contributed by atoms with Crippen molar-refractivity contribution in [3.05, 3.63) is 165 Å². The number of anilines is 3. The van der Waals surface area contributed by atoms with Gasteiger partial charge in [0.05, 0.1) is 21.2 Å². The van der Waals surface area contributed by atoms with Crippen LogP contribution in [0.15, 0.2) is 133 Å². The van der Waals surface area contributed by atoms with Gasteiger partial charge in [-0.05, 0) is 73.5 Å². The fraction of sp³-hybridized carbons (Fsp3) is 0.0541. The highest BCUT2D eigenvalue weighted by atomic mass is 16.6. The van der Waals surface area contributed by atoms with E-state index in [9.17, 15) is 20.2 Å². The Bertz CT molecular complexity index is 1870. The molecule has 0 aliphatic carbocycles. The van der Waals surface area contributed by atoms with Gasteiger partial charge in [0.25, 0.3) is 11.4 Å². The quantitative estimate of drug-likeness (QED) is 0.129. The van der Waals surface area contributed by atoms with Crippen LogP contribution in [0.1, 0.15) is 11.1 Å². The second kappa shape index (κ2) is 12.2. The molecule has 0 radical (unpaired) electrons. The number of non-ortho nitro benzene ring substituents is 2. The van der Waals surface area contributed by atoms with Gasteiger partial charge in [0.1, 0.15) is 0 Å². The first-order chi connectivity index (χ1) is 21.7. The van der Waals surface area contributed by atoms with Gasteiger partial charge in [-0.1, -0.05) is 71.8 Å². The Hall–Kier alpha value is -6.15. The van der Waals surface area contributed by atoms with Gasteiger partial charge in [-0.2, -0.15) is 0 Å². The van der Waals surface area contributed by atoms with Gasteiger partial charge in [0, 0.05) is 52.5 Å². The second-order valence-corrected chi connectivity index (χ2v) is 10.8. The molecule has 0 N–H and O–H groups in total. The van der Waals surface area contributed by atoms with Crippen molar-refractivity contribution in [1.82, 2.24) is 4.98 Å². The molecule has 0 bridgehead atoms. The Morgan fingerprint density at radius 2 is 0.800 bits per heavy atom. The number of aromatic nitrogens is 1. The summed E-state index contributed by atoms with van der Waals surface area (Å²) in [6.07, 6.45) is 0. The summed E-state index contributed by atoms with van der Waals surface area (Å²) >= 11 is 0. The molecule has 0 unspecified atom stereocenters. The molecule has 8 nitrogen and oxygen atoms in total. The molecule has 0 spiro atoms. The summed E-state index contributed by atoms with van der Waals surface area (Å²) in [5, 5.41) is 22.6. The van der Waals surface area contributed by atoms with Crippen LogP contribution in [0.5, 0.6) is 0 Å². The Morgan fingerprint density at radius 1 is 0.467 bits per heavy atom. The van der Waals surface area contributed by atoms with Crippen molar-refractivity contribution in [3.63, 3.8) is 0 Å². The number of hydrogen-bond acceptors (Lipinski definition) is 6. The zero-order chi connectivity index (χ0) is 31.5. The average molecular weight is 593 g/mol. The second-order valence-electron chi connectivity index (χ2n) is 10.8. The minimum atomic E-state index is -0.445. The summed E-state index contributed by atoms with van der Waals surface area (Å²) in [7, 11) is 0. The lowest BCUT2D eigenvalue weighted by Crippen LogP contribution is -2.10. The fourth-order valence-corrected chi connectivity index (χ4v) is 5.14. The third kappa shape index (κ3) is 6.30. The summed E-state index contributed by atoms with van der Waals surface area (Å²) in [5.74, 6) is 0. The van der Waals surface area contributed by atoms with E-state index in [1.807, 2.05) is 29.2 Å². The van der Waals surface area contributed by atoms with Crippen molar-refractivity contribution in [1.29, 1.82) is 0 Å². The van der Waals surface area contributed by atoms with E-state index < -0.39 is 9.85 Å². The van der Waals surface area contributed by atoms with Gasteiger partial charge in [-0.3, -0.25) is 20.2 Å². The van der Waals surface area contributed by atoms with Crippen LogP contribution >= 0.6 is 0 Å². The highest BCUT2D eigenvalue weighted by Crippen LogP contribution is 2.38. The number of nitro benzene ring substituents is 2. The lowest BCUT2D eigenvalue weighted by molar-refractivity contribution is -0.385. The van der Waals surface area contributed by atoms with Gasteiger partial charge in [-0.15, -0.1) is 0 Å². The maximum absolute atomic E-state index is 11.3. The average Bonchev–Trinajstić information content (AvgIpc) is 3.06. The SMILES string of the molecule is Cc1ccc(-c2cc(-c3ccc(N(c4ccc([N+](=O)[O-])cc4)c4ccc([N+](=O)[O-])cc4)cc3)cc(-c3ccc(C)cc3)n2)cc1. The Balaban J connectivity index is 1.43. The molecule has 0 fully saturated rings. The van der Waals surface area contributed by atoms with Crippen molar-refractivity contribution < 1.29 is 9.85 Å². The van der Waals surface area contributed by atoms with E-state index in [4.69, 9.17) is 4.98 Å². The van der Waals surface area contributed by atoms with Gasteiger partial charge in [-0.25, -0.2) is 4.98 Å². The van der Waals surface area contributed by atoms with Crippen LogP contribution in [-0.2, 0) is 0 Å². The molecule has 6 aromatic rings. The molecule has 0 atom stereocenters. The van der Waals surface area contributed by atoms with Crippen LogP contribution < -0.4 is 4.90 Å². The lowest BCUT2D eigenvalue weighted by Gasteiger charge is -2.25. The van der Waals surface area contributed by atoms with Crippen molar-refractivity contribution in [2.75, 3.05) is 4.90 Å². The molecular weight excluding hydrogens is 564 g/mol. The van der Waals surface area contributed by atoms with Crippen LogP contribution in [0.4, 0.5) is 28.4 Å². The largest absolute Gasteiger partial charge is 0.310 e. The van der Waals surface area contributed by atoms with E-state index in [0.29, 0.717) is 11.4 Å². The number of aryl methyl sites for hydroxylation is 2. The van der Waals surface area contributed by atoms with Crippen LogP contribution in [0, 0.1) is 34.1 Å². The zero-order valence-corrected chi connectivity index (χ0v) is 24.6. The molecule has 0 saturated heterocycles. The minimum absolute atomic E-state index is 0.0239. The zero-order valence-electron chi connectivity index (χ0n) is 24.6. The first-order valence-corrected chi connectivity index (χ1v) is 14.3. The Morgan fingerprint density at radius 3 is 1.16 bits per heavy atom. The molecule has 0 saturated carbocycles. The predicted molar refractivity (Wildman–Crippen MR) is 178 cm³/mol. The third-order valence-electron chi connectivity index (χ3n) is 7.62. The molecular formula is C37H28N4O4.